The third-order valence-corrected chi connectivity index (χ3v) is 8.36. The number of rotatable bonds is 0. The molecule has 0 aromatic heterocycles. The summed E-state index contributed by atoms with van der Waals surface area (Å²) in [6.07, 6.45) is 17.1. The van der Waals surface area contributed by atoms with Crippen molar-refractivity contribution in [3.63, 3.8) is 0 Å². The fourth-order valence-corrected chi connectivity index (χ4v) is 7.29. The summed E-state index contributed by atoms with van der Waals surface area (Å²) in [5.41, 5.74) is 1.49. The minimum atomic E-state index is 0.741. The molecule has 0 N–H and O–H groups in total. The Hall–Kier alpha value is 0. The zero-order valence-electron chi connectivity index (χ0n) is 13.1. The molecule has 4 aliphatic rings. The minimum absolute atomic E-state index is 0.741. The van der Waals surface area contributed by atoms with Crippen molar-refractivity contribution in [3.05, 3.63) is 0 Å². The summed E-state index contributed by atoms with van der Waals surface area (Å²) in [6, 6.07) is 0. The van der Waals surface area contributed by atoms with Crippen LogP contribution in [0.5, 0.6) is 0 Å². The molecule has 6 atom stereocenters. The summed E-state index contributed by atoms with van der Waals surface area (Å²) >= 11 is 0. The van der Waals surface area contributed by atoms with Crippen LogP contribution in [-0.2, 0) is 0 Å². The monoisotopic (exact) mass is 260 g/mol. The van der Waals surface area contributed by atoms with Gasteiger partial charge in [0.2, 0.25) is 0 Å². The summed E-state index contributed by atoms with van der Waals surface area (Å²) in [7, 11) is 0. The topological polar surface area (TPSA) is 0 Å². The first-order chi connectivity index (χ1) is 9.13. The maximum atomic E-state index is 2.70. The fraction of sp³-hybridized carbons (Fsp3) is 1.00. The Morgan fingerprint density at radius 2 is 1.58 bits per heavy atom. The van der Waals surface area contributed by atoms with Crippen molar-refractivity contribution < 1.29 is 0 Å². The van der Waals surface area contributed by atoms with E-state index in [9.17, 15) is 0 Å². The van der Waals surface area contributed by atoms with Gasteiger partial charge in [0.25, 0.3) is 0 Å². The Morgan fingerprint density at radius 3 is 2.47 bits per heavy atom. The van der Waals surface area contributed by atoms with Gasteiger partial charge in [-0.15, -0.1) is 0 Å². The normalized spacial score (nSPS) is 57.2. The highest BCUT2D eigenvalue weighted by atomic mass is 14.6. The molecule has 4 saturated carbocycles. The SMILES string of the molecule is C[C@@]12CCCC1C1CCC3CCCC[C@@]3(C)C1CC2. The lowest BCUT2D eigenvalue weighted by Crippen LogP contribution is -2.51. The molecule has 0 bridgehead atoms. The summed E-state index contributed by atoms with van der Waals surface area (Å²) in [4.78, 5) is 0. The second kappa shape index (κ2) is 4.25. The average molecular weight is 260 g/mol. The highest BCUT2D eigenvalue weighted by molar-refractivity contribution is 5.06. The van der Waals surface area contributed by atoms with Gasteiger partial charge in [0.1, 0.15) is 0 Å². The zero-order valence-corrected chi connectivity index (χ0v) is 13.1. The third kappa shape index (κ3) is 1.70. The summed E-state index contributed by atoms with van der Waals surface area (Å²) in [6.45, 7) is 5.33. The van der Waals surface area contributed by atoms with Gasteiger partial charge in [-0.1, -0.05) is 33.1 Å². The van der Waals surface area contributed by atoms with E-state index in [1.807, 2.05) is 0 Å². The van der Waals surface area contributed by atoms with Crippen molar-refractivity contribution in [1.29, 1.82) is 0 Å². The quantitative estimate of drug-likeness (QED) is 0.515. The molecule has 108 valence electrons. The van der Waals surface area contributed by atoms with Crippen LogP contribution in [-0.4, -0.2) is 0 Å². The van der Waals surface area contributed by atoms with Gasteiger partial charge in [0, 0.05) is 0 Å². The van der Waals surface area contributed by atoms with E-state index in [1.54, 1.807) is 51.4 Å². The summed E-state index contributed by atoms with van der Waals surface area (Å²) < 4.78 is 0. The predicted octanol–water partition coefficient (Wildman–Crippen LogP) is 5.81. The van der Waals surface area contributed by atoms with E-state index in [-0.39, 0.29) is 0 Å². The molecule has 4 fully saturated rings. The molecule has 0 amide bonds. The molecular formula is C19H32. The van der Waals surface area contributed by atoms with Crippen molar-refractivity contribution in [2.45, 2.75) is 84.5 Å². The zero-order chi connectivity index (χ0) is 13.1. The van der Waals surface area contributed by atoms with Crippen LogP contribution in [0, 0.1) is 34.5 Å². The van der Waals surface area contributed by atoms with E-state index in [0.717, 1.165) is 34.5 Å². The first kappa shape index (κ1) is 12.7. The van der Waals surface area contributed by atoms with Crippen LogP contribution in [0.4, 0.5) is 0 Å². The third-order valence-electron chi connectivity index (χ3n) is 8.36. The largest absolute Gasteiger partial charge is 0.0594 e. The molecule has 0 aromatic carbocycles. The molecule has 0 spiro atoms. The lowest BCUT2D eigenvalue weighted by molar-refractivity contribution is -0.103. The molecular weight excluding hydrogens is 228 g/mol. The van der Waals surface area contributed by atoms with Gasteiger partial charge in [-0.25, -0.2) is 0 Å². The fourth-order valence-electron chi connectivity index (χ4n) is 7.29. The van der Waals surface area contributed by atoms with Crippen molar-refractivity contribution >= 4 is 0 Å². The van der Waals surface area contributed by atoms with Crippen LogP contribution in [0.2, 0.25) is 0 Å². The molecule has 4 rings (SSSR count). The molecule has 4 aliphatic carbocycles. The maximum Gasteiger partial charge on any atom is -0.0266 e. The van der Waals surface area contributed by atoms with Crippen LogP contribution < -0.4 is 0 Å². The highest BCUT2D eigenvalue weighted by Crippen LogP contribution is 2.66. The second-order valence-electron chi connectivity index (χ2n) is 8.99. The van der Waals surface area contributed by atoms with E-state index >= 15 is 0 Å². The van der Waals surface area contributed by atoms with Gasteiger partial charge in [0.15, 0.2) is 0 Å². The summed E-state index contributed by atoms with van der Waals surface area (Å²) in [5.74, 6) is 4.41. The Labute approximate surface area is 119 Å². The number of hydrogen-bond donors (Lipinski definition) is 0. The first-order valence-corrected chi connectivity index (χ1v) is 9.13. The molecule has 4 unspecified atom stereocenters. The Balaban J connectivity index is 1.64. The van der Waals surface area contributed by atoms with Crippen molar-refractivity contribution in [2.24, 2.45) is 34.5 Å². The van der Waals surface area contributed by atoms with Gasteiger partial charge in [-0.2, -0.15) is 0 Å². The first-order valence-electron chi connectivity index (χ1n) is 9.13. The van der Waals surface area contributed by atoms with Crippen LogP contribution in [0.15, 0.2) is 0 Å². The van der Waals surface area contributed by atoms with Crippen molar-refractivity contribution in [1.82, 2.24) is 0 Å². The Kier molecular flexibility index (Phi) is 2.84. The van der Waals surface area contributed by atoms with Gasteiger partial charge in [0.05, 0.1) is 0 Å². The lowest BCUT2D eigenvalue weighted by atomic mass is 9.45. The minimum Gasteiger partial charge on any atom is -0.0594 e. The molecule has 0 aromatic rings. The van der Waals surface area contributed by atoms with E-state index in [4.69, 9.17) is 0 Å². The van der Waals surface area contributed by atoms with E-state index in [2.05, 4.69) is 13.8 Å². The highest BCUT2D eigenvalue weighted by Gasteiger charge is 2.56. The van der Waals surface area contributed by atoms with Gasteiger partial charge in [-0.3, -0.25) is 0 Å². The van der Waals surface area contributed by atoms with E-state index < -0.39 is 0 Å². The van der Waals surface area contributed by atoms with Crippen LogP contribution in [0.1, 0.15) is 84.5 Å². The van der Waals surface area contributed by atoms with Crippen molar-refractivity contribution in [2.75, 3.05) is 0 Å². The molecule has 0 saturated heterocycles. The van der Waals surface area contributed by atoms with Crippen molar-refractivity contribution in [3.8, 4) is 0 Å². The molecule has 0 heterocycles. The Morgan fingerprint density at radius 1 is 0.684 bits per heavy atom. The predicted molar refractivity (Wildman–Crippen MR) is 81.0 cm³/mol. The maximum absolute atomic E-state index is 2.70. The standard InChI is InChI=1S/C19H32/c1-18-11-5-7-16(18)15-9-8-14-6-3-4-12-19(14,2)17(15)10-13-18/h14-17H,3-13H2,1-2H3/t14?,15?,16?,17?,18-,19+/m0/s1. The van der Waals surface area contributed by atoms with Crippen LogP contribution in [0.25, 0.3) is 0 Å². The van der Waals surface area contributed by atoms with E-state index in [1.165, 1.54) is 19.3 Å². The number of hydrogen-bond acceptors (Lipinski definition) is 0. The molecule has 0 heteroatoms. The smallest absolute Gasteiger partial charge is 0.0266 e. The molecule has 0 radical (unpaired) electrons. The van der Waals surface area contributed by atoms with Crippen LogP contribution >= 0.6 is 0 Å². The average Bonchev–Trinajstić information content (AvgIpc) is 2.79. The Bertz CT molecular complexity index is 359. The number of fused-ring (bicyclic) bond motifs is 5. The lowest BCUT2D eigenvalue weighted by Gasteiger charge is -2.60. The second-order valence-corrected chi connectivity index (χ2v) is 8.99. The molecule has 0 aliphatic heterocycles. The van der Waals surface area contributed by atoms with E-state index in [0.29, 0.717) is 0 Å². The van der Waals surface area contributed by atoms with Crippen LogP contribution in [0.3, 0.4) is 0 Å². The molecule has 19 heavy (non-hydrogen) atoms. The summed E-state index contributed by atoms with van der Waals surface area (Å²) in [5, 5.41) is 0. The van der Waals surface area contributed by atoms with Gasteiger partial charge >= 0.3 is 0 Å². The van der Waals surface area contributed by atoms with Gasteiger partial charge in [-0.05, 0) is 85.9 Å². The molecule has 0 nitrogen and oxygen atoms in total. The van der Waals surface area contributed by atoms with Gasteiger partial charge < -0.3 is 0 Å².